The van der Waals surface area contributed by atoms with E-state index in [1.807, 2.05) is 0 Å². The van der Waals surface area contributed by atoms with Gasteiger partial charge in [-0.1, -0.05) is 64.7 Å². The molecule has 116 valence electrons. The number of unbranched alkanes of at least 4 members (excludes halogenated alkanes) is 9. The van der Waals surface area contributed by atoms with E-state index in [4.69, 9.17) is 13.9 Å². The maximum Gasteiger partial charge on any atom is 0.272 e. The highest BCUT2D eigenvalue weighted by molar-refractivity contribution is 5.98. The third-order valence-electron chi connectivity index (χ3n) is 3.77. The molecule has 0 amide bonds. The minimum Gasteiger partial charge on any atom is -0.380 e. The molecule has 0 N–H and O–H groups in total. The lowest BCUT2D eigenvalue weighted by Gasteiger charge is -2.29. The van der Waals surface area contributed by atoms with Crippen LogP contribution in [0.5, 0.6) is 0 Å². The van der Waals surface area contributed by atoms with Crippen molar-refractivity contribution in [3.8, 4) is 0 Å². The SMILES string of the molecule is CCCCCCCCCCCCC(OC)(OC)O[SiH3]. The standard InChI is InChI=1S/C15H34O3Si/c1-4-5-6-7-8-9-10-11-12-13-14-15(16-2,17-3)18-19/h4-14H2,1-3,19H3. The van der Waals surface area contributed by atoms with E-state index in [1.54, 1.807) is 14.2 Å². The lowest BCUT2D eigenvalue weighted by atomic mass is 10.1. The smallest absolute Gasteiger partial charge is 0.272 e. The average Bonchev–Trinajstić information content (AvgIpc) is 2.46. The molecule has 0 atom stereocenters. The van der Waals surface area contributed by atoms with Gasteiger partial charge in [0.15, 0.2) is 10.5 Å². The highest BCUT2D eigenvalue weighted by Gasteiger charge is 2.27. The fraction of sp³-hybridized carbons (Fsp3) is 1.00. The second-order valence-electron chi connectivity index (χ2n) is 5.23. The fourth-order valence-electron chi connectivity index (χ4n) is 2.39. The van der Waals surface area contributed by atoms with Gasteiger partial charge >= 0.3 is 0 Å². The zero-order valence-electron chi connectivity index (χ0n) is 13.5. The van der Waals surface area contributed by atoms with Gasteiger partial charge in [-0.05, 0) is 6.42 Å². The molecule has 19 heavy (non-hydrogen) atoms. The largest absolute Gasteiger partial charge is 0.380 e. The molecule has 0 aromatic carbocycles. The minimum absolute atomic E-state index is 0.636. The molecule has 0 radical (unpaired) electrons. The highest BCUT2D eigenvalue weighted by Crippen LogP contribution is 2.21. The number of methoxy groups -OCH3 is 2. The second kappa shape index (κ2) is 13.1. The number of rotatable bonds is 14. The van der Waals surface area contributed by atoms with E-state index in [0.29, 0.717) is 10.5 Å². The van der Waals surface area contributed by atoms with Gasteiger partial charge in [-0.15, -0.1) is 0 Å². The quantitative estimate of drug-likeness (QED) is 0.278. The van der Waals surface area contributed by atoms with Crippen molar-refractivity contribution in [1.82, 2.24) is 0 Å². The third kappa shape index (κ3) is 9.60. The lowest BCUT2D eigenvalue weighted by molar-refractivity contribution is -0.325. The van der Waals surface area contributed by atoms with Gasteiger partial charge in [-0.3, -0.25) is 0 Å². The minimum atomic E-state index is -0.771. The van der Waals surface area contributed by atoms with E-state index in [-0.39, 0.29) is 0 Å². The van der Waals surface area contributed by atoms with Crippen LogP contribution in [0.2, 0.25) is 0 Å². The van der Waals surface area contributed by atoms with Crippen molar-refractivity contribution < 1.29 is 13.9 Å². The fourth-order valence-corrected chi connectivity index (χ4v) is 2.92. The van der Waals surface area contributed by atoms with E-state index in [2.05, 4.69) is 6.92 Å². The molecule has 0 fully saturated rings. The molecule has 4 heteroatoms. The summed E-state index contributed by atoms with van der Waals surface area (Å²) in [5.41, 5.74) is 0. The summed E-state index contributed by atoms with van der Waals surface area (Å²) < 4.78 is 16.0. The molecule has 0 saturated carbocycles. The first-order valence-corrected chi connectivity index (χ1v) is 8.71. The molecule has 0 rings (SSSR count). The first kappa shape index (κ1) is 19.1. The van der Waals surface area contributed by atoms with Crippen molar-refractivity contribution in [3.05, 3.63) is 0 Å². The Morgan fingerprint density at radius 2 is 1.16 bits per heavy atom. The molecule has 0 unspecified atom stereocenters. The summed E-state index contributed by atoms with van der Waals surface area (Å²) in [6.07, 6.45) is 14.2. The topological polar surface area (TPSA) is 27.7 Å². The summed E-state index contributed by atoms with van der Waals surface area (Å²) >= 11 is 0. The van der Waals surface area contributed by atoms with Gasteiger partial charge in [-0.2, -0.15) is 0 Å². The van der Waals surface area contributed by atoms with E-state index in [0.717, 1.165) is 12.8 Å². The summed E-state index contributed by atoms with van der Waals surface area (Å²) in [6, 6.07) is 0. The summed E-state index contributed by atoms with van der Waals surface area (Å²) in [6.45, 7) is 2.27. The molecule has 0 aromatic rings. The zero-order valence-corrected chi connectivity index (χ0v) is 15.5. The van der Waals surface area contributed by atoms with Gasteiger partial charge in [0.2, 0.25) is 0 Å². The molecule has 0 spiro atoms. The van der Waals surface area contributed by atoms with Crippen LogP contribution in [-0.2, 0) is 13.9 Å². The van der Waals surface area contributed by atoms with E-state index < -0.39 is 5.97 Å². The predicted octanol–water partition coefficient (Wildman–Crippen LogP) is 3.54. The van der Waals surface area contributed by atoms with Crippen LogP contribution in [-0.4, -0.2) is 30.7 Å². The Hall–Kier alpha value is 0.0969. The van der Waals surface area contributed by atoms with Crippen molar-refractivity contribution in [2.24, 2.45) is 0 Å². The van der Waals surface area contributed by atoms with Gasteiger partial charge in [0, 0.05) is 20.6 Å². The van der Waals surface area contributed by atoms with Crippen molar-refractivity contribution in [2.75, 3.05) is 14.2 Å². The van der Waals surface area contributed by atoms with Gasteiger partial charge in [0.25, 0.3) is 5.97 Å². The maximum absolute atomic E-state index is 5.41. The van der Waals surface area contributed by atoms with Crippen LogP contribution in [0.1, 0.15) is 77.6 Å². The first-order chi connectivity index (χ1) is 9.24. The Morgan fingerprint density at radius 3 is 1.53 bits per heavy atom. The van der Waals surface area contributed by atoms with Crippen molar-refractivity contribution in [3.63, 3.8) is 0 Å². The van der Waals surface area contributed by atoms with Crippen LogP contribution in [0.4, 0.5) is 0 Å². The number of hydrogen-bond acceptors (Lipinski definition) is 3. The summed E-state index contributed by atoms with van der Waals surface area (Å²) in [7, 11) is 3.94. The Balaban J connectivity index is 3.35. The highest BCUT2D eigenvalue weighted by atomic mass is 28.2. The van der Waals surface area contributed by atoms with E-state index in [1.165, 1.54) is 57.8 Å². The molecule has 3 nitrogen and oxygen atoms in total. The zero-order chi connectivity index (χ0) is 14.4. The van der Waals surface area contributed by atoms with Crippen LogP contribution < -0.4 is 0 Å². The third-order valence-corrected chi connectivity index (χ3v) is 4.39. The molecule has 0 aliphatic heterocycles. The Bertz CT molecular complexity index is 176. The van der Waals surface area contributed by atoms with Crippen LogP contribution in [0.15, 0.2) is 0 Å². The van der Waals surface area contributed by atoms with Gasteiger partial charge in [-0.25, -0.2) is 0 Å². The van der Waals surface area contributed by atoms with Crippen LogP contribution in [0.25, 0.3) is 0 Å². The molecule has 0 aromatic heterocycles. The predicted molar refractivity (Wildman–Crippen MR) is 84.2 cm³/mol. The van der Waals surface area contributed by atoms with Crippen molar-refractivity contribution >= 4 is 10.5 Å². The molecule has 0 bridgehead atoms. The summed E-state index contributed by atoms with van der Waals surface area (Å²) in [5, 5.41) is 0. The Morgan fingerprint density at radius 1 is 0.737 bits per heavy atom. The number of ether oxygens (including phenoxy) is 2. The van der Waals surface area contributed by atoms with Crippen LogP contribution in [0, 0.1) is 0 Å². The lowest BCUT2D eigenvalue weighted by Crippen LogP contribution is -2.36. The second-order valence-corrected chi connectivity index (χ2v) is 5.64. The van der Waals surface area contributed by atoms with Gasteiger partial charge < -0.3 is 13.9 Å². The number of hydrogen-bond donors (Lipinski definition) is 0. The van der Waals surface area contributed by atoms with E-state index in [9.17, 15) is 0 Å². The van der Waals surface area contributed by atoms with Crippen molar-refractivity contribution in [1.29, 1.82) is 0 Å². The van der Waals surface area contributed by atoms with Crippen molar-refractivity contribution in [2.45, 2.75) is 83.5 Å². The molecule has 0 aliphatic carbocycles. The summed E-state index contributed by atoms with van der Waals surface area (Å²) in [5.74, 6) is -0.771. The average molecular weight is 291 g/mol. The molecule has 0 heterocycles. The normalized spacial score (nSPS) is 12.2. The van der Waals surface area contributed by atoms with Crippen LogP contribution in [0.3, 0.4) is 0 Å². The van der Waals surface area contributed by atoms with E-state index >= 15 is 0 Å². The first-order valence-electron chi connectivity index (χ1n) is 7.90. The Labute approximate surface area is 122 Å². The van der Waals surface area contributed by atoms with Crippen LogP contribution >= 0.6 is 0 Å². The molecule has 0 saturated heterocycles. The van der Waals surface area contributed by atoms with Gasteiger partial charge in [0.1, 0.15) is 0 Å². The maximum atomic E-state index is 5.41. The molecular formula is C15H34O3Si. The summed E-state index contributed by atoms with van der Waals surface area (Å²) in [4.78, 5) is 0. The van der Waals surface area contributed by atoms with Gasteiger partial charge in [0.05, 0.1) is 0 Å². The monoisotopic (exact) mass is 290 g/mol. The molecular weight excluding hydrogens is 256 g/mol. The molecule has 0 aliphatic rings. The Kier molecular flexibility index (Phi) is 13.2.